The van der Waals surface area contributed by atoms with Gasteiger partial charge in [0, 0.05) is 11.8 Å². The Morgan fingerprint density at radius 2 is 2.27 bits per heavy atom. The molecule has 2 heterocycles. The van der Waals surface area contributed by atoms with Crippen molar-refractivity contribution in [3.05, 3.63) is 28.9 Å². The number of hydrogen-bond acceptors (Lipinski definition) is 5. The monoisotopic (exact) mass is 305 g/mol. The van der Waals surface area contributed by atoms with Gasteiger partial charge in [-0.2, -0.15) is 0 Å². The molecule has 2 aromatic rings. The van der Waals surface area contributed by atoms with E-state index in [4.69, 9.17) is 0 Å². The second-order valence-corrected chi connectivity index (χ2v) is 4.62. The van der Waals surface area contributed by atoms with E-state index in [0.717, 1.165) is 11.2 Å². The summed E-state index contributed by atoms with van der Waals surface area (Å²) in [6, 6.07) is 1.39. The van der Waals surface area contributed by atoms with E-state index in [1.807, 2.05) is 0 Å². The molecule has 0 radical (unpaired) electrons. The first-order valence-electron chi connectivity index (χ1n) is 3.88. The van der Waals surface area contributed by atoms with E-state index in [1.54, 1.807) is 6.20 Å². The highest BCUT2D eigenvalue weighted by Crippen LogP contribution is 2.35. The van der Waals surface area contributed by atoms with E-state index in [9.17, 15) is 4.39 Å². The molecule has 0 saturated carbocycles. The summed E-state index contributed by atoms with van der Waals surface area (Å²) >= 11 is 8.56. The number of thiol groups is 1. The Labute approximate surface area is 103 Å². The van der Waals surface area contributed by atoms with Crippen molar-refractivity contribution in [1.29, 1.82) is 0 Å². The van der Waals surface area contributed by atoms with E-state index in [2.05, 4.69) is 43.4 Å². The quantitative estimate of drug-likeness (QED) is 0.836. The average molecular weight is 306 g/mol. The van der Waals surface area contributed by atoms with Crippen molar-refractivity contribution >= 4 is 45.1 Å². The molecule has 1 N–H and O–H groups in total. The van der Waals surface area contributed by atoms with Crippen LogP contribution in [-0.2, 0) is 0 Å². The zero-order chi connectivity index (χ0) is 10.8. The Morgan fingerprint density at radius 3 is 2.87 bits per heavy atom. The van der Waals surface area contributed by atoms with Crippen molar-refractivity contribution < 1.29 is 4.39 Å². The summed E-state index contributed by atoms with van der Waals surface area (Å²) in [6.45, 7) is 0. The first-order valence-corrected chi connectivity index (χ1v) is 5.93. The molecule has 78 valence electrons. The zero-order valence-corrected chi connectivity index (χ0v) is 10.5. The zero-order valence-electron chi connectivity index (χ0n) is 7.24. The van der Waals surface area contributed by atoms with E-state index in [-0.39, 0.29) is 5.82 Å². The third-order valence-corrected chi connectivity index (χ3v) is 3.87. The van der Waals surface area contributed by atoms with Crippen LogP contribution in [0.2, 0.25) is 0 Å². The van der Waals surface area contributed by atoms with Gasteiger partial charge in [0.15, 0.2) is 0 Å². The van der Waals surface area contributed by atoms with Crippen LogP contribution in [0.3, 0.4) is 0 Å². The fourth-order valence-corrected chi connectivity index (χ4v) is 2.79. The first-order chi connectivity index (χ1) is 7.20. The van der Waals surface area contributed by atoms with E-state index in [0.29, 0.717) is 15.2 Å². The lowest BCUT2D eigenvalue weighted by molar-refractivity contribution is 0.622. The second kappa shape index (κ2) is 4.46. The Bertz CT molecular complexity index is 488. The summed E-state index contributed by atoms with van der Waals surface area (Å²) in [5.74, 6) is -0.376. The van der Waals surface area contributed by atoms with Crippen LogP contribution in [0.1, 0.15) is 0 Å². The van der Waals surface area contributed by atoms with Crippen molar-refractivity contribution in [1.82, 2.24) is 9.97 Å². The van der Waals surface area contributed by atoms with Gasteiger partial charge in [0.1, 0.15) is 20.4 Å². The Morgan fingerprint density at radius 1 is 1.47 bits per heavy atom. The largest absolute Gasteiger partial charge is 0.322 e. The van der Waals surface area contributed by atoms with Crippen LogP contribution in [0.4, 0.5) is 9.39 Å². The van der Waals surface area contributed by atoms with Crippen molar-refractivity contribution in [2.75, 3.05) is 4.72 Å². The molecule has 0 saturated heterocycles. The molecule has 0 atom stereocenters. The lowest BCUT2D eigenvalue weighted by Gasteiger charge is -1.94. The average Bonchev–Trinajstić information content (AvgIpc) is 2.60. The summed E-state index contributed by atoms with van der Waals surface area (Å²) in [6.07, 6.45) is 2.72. The van der Waals surface area contributed by atoms with Crippen LogP contribution in [0.25, 0.3) is 10.6 Å². The van der Waals surface area contributed by atoms with Crippen LogP contribution in [-0.4, -0.2) is 9.97 Å². The molecule has 3 nitrogen and oxygen atoms in total. The number of aromatic nitrogens is 2. The fourth-order valence-electron chi connectivity index (χ4n) is 1.02. The lowest BCUT2D eigenvalue weighted by Crippen LogP contribution is -1.81. The highest BCUT2D eigenvalue weighted by molar-refractivity contribution is 9.10. The fraction of sp³-hybridized carbons (Fsp3) is 0. The minimum Gasteiger partial charge on any atom is -0.322 e. The van der Waals surface area contributed by atoms with E-state index in [1.165, 1.54) is 17.4 Å². The summed E-state index contributed by atoms with van der Waals surface area (Å²) in [4.78, 5) is 7.97. The first kappa shape index (κ1) is 10.8. The SMILES string of the molecule is Fc1cncc(-c2nc(Br)c(NS)s2)c1. The number of pyridine rings is 1. The molecule has 0 spiro atoms. The van der Waals surface area contributed by atoms with Gasteiger partial charge in [-0.3, -0.25) is 4.98 Å². The van der Waals surface area contributed by atoms with Crippen molar-refractivity contribution in [2.45, 2.75) is 0 Å². The number of thiazole rings is 1. The van der Waals surface area contributed by atoms with Crippen molar-refractivity contribution in [3.8, 4) is 10.6 Å². The van der Waals surface area contributed by atoms with Crippen LogP contribution < -0.4 is 4.72 Å². The molecule has 0 amide bonds. The molecule has 7 heteroatoms. The number of halogens is 2. The Hall–Kier alpha value is -0.660. The number of anilines is 1. The smallest absolute Gasteiger partial charge is 0.142 e. The Balaban J connectivity index is 2.45. The van der Waals surface area contributed by atoms with Gasteiger partial charge < -0.3 is 4.72 Å². The highest BCUT2D eigenvalue weighted by atomic mass is 79.9. The molecule has 0 aromatic carbocycles. The van der Waals surface area contributed by atoms with Crippen LogP contribution in [0, 0.1) is 5.82 Å². The molecular weight excluding hydrogens is 301 g/mol. The van der Waals surface area contributed by atoms with E-state index < -0.39 is 0 Å². The maximum Gasteiger partial charge on any atom is 0.142 e. The number of nitrogens with zero attached hydrogens (tertiary/aromatic N) is 2. The lowest BCUT2D eigenvalue weighted by atomic mass is 10.3. The standard InChI is InChI=1S/C8H5BrFN3S2/c9-6-8(13-14)15-7(12-6)4-1-5(10)3-11-2-4/h1-3,13-14H. The molecule has 0 bridgehead atoms. The van der Waals surface area contributed by atoms with Crippen molar-refractivity contribution in [2.24, 2.45) is 0 Å². The van der Waals surface area contributed by atoms with Gasteiger partial charge in [-0.25, -0.2) is 9.37 Å². The predicted molar refractivity (Wildman–Crippen MR) is 65.6 cm³/mol. The molecule has 0 aliphatic heterocycles. The van der Waals surface area contributed by atoms with Gasteiger partial charge in [-0.05, 0) is 22.0 Å². The maximum atomic E-state index is 12.9. The summed E-state index contributed by atoms with van der Waals surface area (Å²) in [5.41, 5.74) is 0.649. The number of hydrogen-bond donors (Lipinski definition) is 2. The number of rotatable bonds is 2. The summed E-state index contributed by atoms with van der Waals surface area (Å²) in [7, 11) is 0. The van der Waals surface area contributed by atoms with Crippen LogP contribution in [0.15, 0.2) is 23.1 Å². The third kappa shape index (κ3) is 2.30. The molecule has 0 fully saturated rings. The van der Waals surface area contributed by atoms with Gasteiger partial charge in [0.05, 0.1) is 6.20 Å². The second-order valence-electron chi connectivity index (χ2n) is 2.64. The number of nitrogens with one attached hydrogen (secondary N) is 1. The van der Waals surface area contributed by atoms with Gasteiger partial charge in [0.25, 0.3) is 0 Å². The molecule has 0 aliphatic rings. The molecule has 2 aromatic heterocycles. The normalized spacial score (nSPS) is 10.3. The van der Waals surface area contributed by atoms with Crippen LogP contribution >= 0.6 is 40.1 Å². The molecule has 0 aliphatic carbocycles. The summed E-state index contributed by atoms with van der Waals surface area (Å²) in [5, 5.41) is 1.46. The van der Waals surface area contributed by atoms with Crippen LogP contribution in [0.5, 0.6) is 0 Å². The molecule has 2 rings (SSSR count). The van der Waals surface area contributed by atoms with Crippen molar-refractivity contribution in [3.63, 3.8) is 0 Å². The highest BCUT2D eigenvalue weighted by Gasteiger charge is 2.10. The third-order valence-electron chi connectivity index (χ3n) is 1.64. The minimum absolute atomic E-state index is 0.376. The predicted octanol–water partition coefficient (Wildman–Crippen LogP) is 3.36. The van der Waals surface area contributed by atoms with Gasteiger partial charge in [-0.1, -0.05) is 24.2 Å². The maximum absolute atomic E-state index is 12.9. The van der Waals surface area contributed by atoms with Gasteiger partial charge in [-0.15, -0.1) is 0 Å². The molecule has 0 unspecified atom stereocenters. The van der Waals surface area contributed by atoms with Gasteiger partial charge >= 0.3 is 0 Å². The minimum atomic E-state index is -0.376. The molecule has 15 heavy (non-hydrogen) atoms. The molecular formula is C8H5BrFN3S2. The summed E-state index contributed by atoms with van der Waals surface area (Å²) < 4.78 is 16.3. The van der Waals surface area contributed by atoms with E-state index >= 15 is 0 Å². The topological polar surface area (TPSA) is 37.8 Å². The van der Waals surface area contributed by atoms with Gasteiger partial charge in [0.2, 0.25) is 0 Å². The Kier molecular flexibility index (Phi) is 3.22.